The third-order valence-electron chi connectivity index (χ3n) is 3.71. The van der Waals surface area contributed by atoms with Crippen LogP contribution in [0, 0.1) is 0 Å². The highest BCUT2D eigenvalue weighted by Crippen LogP contribution is 2.23. The molecule has 0 spiro atoms. The van der Waals surface area contributed by atoms with E-state index in [0.717, 1.165) is 16.7 Å². The zero-order valence-electron chi connectivity index (χ0n) is 14.1. The van der Waals surface area contributed by atoms with Gasteiger partial charge in [0, 0.05) is 5.39 Å². The summed E-state index contributed by atoms with van der Waals surface area (Å²) < 4.78 is 5.21. The van der Waals surface area contributed by atoms with Gasteiger partial charge in [-0.05, 0) is 48.7 Å². The fourth-order valence-corrected chi connectivity index (χ4v) is 3.27. The average molecular weight is 404 g/mol. The van der Waals surface area contributed by atoms with E-state index in [1.165, 1.54) is 13.0 Å². The van der Waals surface area contributed by atoms with Crippen LogP contribution in [-0.2, 0) is 9.53 Å². The topological polar surface area (TPSA) is 111 Å². The van der Waals surface area contributed by atoms with Crippen molar-refractivity contribution in [1.29, 1.82) is 0 Å². The van der Waals surface area contributed by atoms with Crippen molar-refractivity contribution >= 4 is 56.6 Å². The molecule has 27 heavy (non-hydrogen) atoms. The number of ether oxygens (including phenoxy) is 1. The molecule has 0 aliphatic carbocycles. The second kappa shape index (κ2) is 7.73. The van der Waals surface area contributed by atoms with Gasteiger partial charge in [0.05, 0.1) is 16.6 Å². The molecule has 0 aliphatic heterocycles. The van der Waals surface area contributed by atoms with Crippen molar-refractivity contribution in [2.24, 2.45) is 5.73 Å². The van der Waals surface area contributed by atoms with Crippen LogP contribution in [0.1, 0.15) is 27.6 Å². The van der Waals surface area contributed by atoms with Crippen LogP contribution in [0.3, 0.4) is 0 Å². The molecule has 0 fully saturated rings. The number of esters is 1. The van der Waals surface area contributed by atoms with Crippen molar-refractivity contribution in [3.05, 3.63) is 58.1 Å². The molecule has 3 N–H and O–H groups in total. The Morgan fingerprint density at radius 2 is 2.00 bits per heavy atom. The summed E-state index contributed by atoms with van der Waals surface area (Å²) in [6, 6.07) is 9.66. The third-order valence-corrected chi connectivity index (χ3v) is 4.75. The number of hydrogen-bond acceptors (Lipinski definition) is 6. The molecule has 2 aromatic heterocycles. The maximum atomic E-state index is 12.3. The number of carbonyl (C=O) groups excluding carboxylic acids is 3. The number of halogens is 1. The SMILES string of the molecule is CC(OC(=O)c1ccc2nc(Cl)ccc2c1)C(=O)Nc1sccc1C(N)=O. The molecule has 0 aliphatic rings. The van der Waals surface area contributed by atoms with Crippen LogP contribution < -0.4 is 11.1 Å². The maximum Gasteiger partial charge on any atom is 0.338 e. The van der Waals surface area contributed by atoms with Crippen molar-refractivity contribution in [1.82, 2.24) is 4.98 Å². The summed E-state index contributed by atoms with van der Waals surface area (Å²) in [6.07, 6.45) is -1.07. The molecule has 1 unspecified atom stereocenters. The Labute approximate surface area is 163 Å². The minimum absolute atomic E-state index is 0.201. The Bertz CT molecular complexity index is 1050. The molecule has 0 saturated carbocycles. The van der Waals surface area contributed by atoms with Gasteiger partial charge in [0.25, 0.3) is 11.8 Å². The number of rotatable bonds is 5. The first-order chi connectivity index (χ1) is 12.8. The number of aromatic nitrogens is 1. The van der Waals surface area contributed by atoms with Crippen LogP contribution in [0.4, 0.5) is 5.00 Å². The summed E-state index contributed by atoms with van der Waals surface area (Å²) in [4.78, 5) is 40.0. The number of primary amides is 1. The first kappa shape index (κ1) is 18.8. The summed E-state index contributed by atoms with van der Waals surface area (Å²) in [5, 5.41) is 5.55. The number of benzene rings is 1. The molecule has 2 amide bonds. The second-order valence-corrected chi connectivity index (χ2v) is 6.91. The lowest BCUT2D eigenvalue weighted by atomic mass is 10.1. The highest BCUT2D eigenvalue weighted by atomic mass is 35.5. The number of hydrogen-bond donors (Lipinski definition) is 2. The van der Waals surface area contributed by atoms with Gasteiger partial charge in [-0.3, -0.25) is 9.59 Å². The second-order valence-electron chi connectivity index (χ2n) is 5.61. The lowest BCUT2D eigenvalue weighted by Crippen LogP contribution is -2.30. The standard InChI is InChI=1S/C18H14ClN3O4S/c1-9(16(24)22-17-12(15(20)23)6-7-27-17)26-18(25)11-2-4-13-10(8-11)3-5-14(19)21-13/h2-9H,1H3,(H2,20,23)(H,22,24). The van der Waals surface area contributed by atoms with E-state index in [2.05, 4.69) is 10.3 Å². The first-order valence-electron chi connectivity index (χ1n) is 7.80. The summed E-state index contributed by atoms with van der Waals surface area (Å²) in [7, 11) is 0. The van der Waals surface area contributed by atoms with Gasteiger partial charge in [-0.25, -0.2) is 9.78 Å². The zero-order chi connectivity index (χ0) is 19.6. The van der Waals surface area contributed by atoms with Crippen LogP contribution >= 0.6 is 22.9 Å². The molecule has 3 aromatic rings. The van der Waals surface area contributed by atoms with E-state index in [-0.39, 0.29) is 11.1 Å². The van der Waals surface area contributed by atoms with E-state index in [4.69, 9.17) is 22.1 Å². The monoisotopic (exact) mass is 403 g/mol. The predicted molar refractivity (Wildman–Crippen MR) is 103 cm³/mol. The van der Waals surface area contributed by atoms with Gasteiger partial charge in [0.1, 0.15) is 10.2 Å². The van der Waals surface area contributed by atoms with Gasteiger partial charge in [-0.1, -0.05) is 11.6 Å². The van der Waals surface area contributed by atoms with Crippen LogP contribution in [-0.4, -0.2) is 28.9 Å². The van der Waals surface area contributed by atoms with Crippen molar-refractivity contribution in [3.63, 3.8) is 0 Å². The van der Waals surface area contributed by atoms with Gasteiger partial charge < -0.3 is 15.8 Å². The number of anilines is 1. The Morgan fingerprint density at radius 3 is 2.74 bits per heavy atom. The van der Waals surface area contributed by atoms with E-state index in [9.17, 15) is 14.4 Å². The quantitative estimate of drug-likeness (QED) is 0.501. The minimum Gasteiger partial charge on any atom is -0.449 e. The van der Waals surface area contributed by atoms with Gasteiger partial charge >= 0.3 is 5.97 Å². The fourth-order valence-electron chi connectivity index (χ4n) is 2.32. The van der Waals surface area contributed by atoms with Crippen molar-refractivity contribution in [3.8, 4) is 0 Å². The Morgan fingerprint density at radius 1 is 1.22 bits per heavy atom. The maximum absolute atomic E-state index is 12.3. The molecule has 1 atom stereocenters. The summed E-state index contributed by atoms with van der Waals surface area (Å²) in [5.41, 5.74) is 6.36. The largest absolute Gasteiger partial charge is 0.449 e. The van der Waals surface area contributed by atoms with E-state index in [1.54, 1.807) is 35.7 Å². The van der Waals surface area contributed by atoms with Gasteiger partial charge in [0.2, 0.25) is 0 Å². The summed E-state index contributed by atoms with van der Waals surface area (Å²) >= 11 is 6.99. The van der Waals surface area contributed by atoms with Crippen molar-refractivity contribution in [2.45, 2.75) is 13.0 Å². The van der Waals surface area contributed by atoms with Crippen LogP contribution in [0.25, 0.3) is 10.9 Å². The molecular weight excluding hydrogens is 390 g/mol. The average Bonchev–Trinajstić information content (AvgIpc) is 3.09. The highest BCUT2D eigenvalue weighted by molar-refractivity contribution is 7.14. The number of fused-ring (bicyclic) bond motifs is 1. The van der Waals surface area contributed by atoms with E-state index < -0.39 is 23.9 Å². The predicted octanol–water partition coefficient (Wildman–Crippen LogP) is 3.23. The lowest BCUT2D eigenvalue weighted by molar-refractivity contribution is -0.123. The van der Waals surface area contributed by atoms with E-state index >= 15 is 0 Å². The molecule has 3 rings (SSSR count). The first-order valence-corrected chi connectivity index (χ1v) is 9.06. The Hall–Kier alpha value is -2.97. The summed E-state index contributed by atoms with van der Waals surface area (Å²) in [6.45, 7) is 1.44. The number of pyridine rings is 1. The molecule has 0 saturated heterocycles. The Kier molecular flexibility index (Phi) is 5.38. The summed E-state index contributed by atoms with van der Waals surface area (Å²) in [5.74, 6) is -1.88. The van der Waals surface area contributed by atoms with Crippen molar-refractivity contribution in [2.75, 3.05) is 5.32 Å². The molecule has 0 radical (unpaired) electrons. The van der Waals surface area contributed by atoms with Gasteiger partial charge in [0.15, 0.2) is 6.10 Å². The lowest BCUT2D eigenvalue weighted by Gasteiger charge is -2.13. The third kappa shape index (κ3) is 4.24. The number of nitrogens with zero attached hydrogens (tertiary/aromatic N) is 1. The number of amides is 2. The van der Waals surface area contributed by atoms with Crippen LogP contribution in [0.15, 0.2) is 41.8 Å². The molecule has 138 valence electrons. The zero-order valence-corrected chi connectivity index (χ0v) is 15.6. The molecule has 1 aromatic carbocycles. The van der Waals surface area contributed by atoms with E-state index in [1.807, 2.05) is 0 Å². The number of nitrogens with two attached hydrogens (primary N) is 1. The van der Waals surface area contributed by atoms with Crippen molar-refractivity contribution < 1.29 is 19.1 Å². The van der Waals surface area contributed by atoms with Gasteiger partial charge in [-0.15, -0.1) is 11.3 Å². The molecular formula is C18H14ClN3O4S. The Balaban J connectivity index is 1.69. The van der Waals surface area contributed by atoms with Crippen LogP contribution in [0.5, 0.6) is 0 Å². The van der Waals surface area contributed by atoms with E-state index in [0.29, 0.717) is 15.7 Å². The van der Waals surface area contributed by atoms with Crippen LogP contribution in [0.2, 0.25) is 5.15 Å². The fraction of sp³-hybridized carbons (Fsp3) is 0.111. The normalized spacial score (nSPS) is 11.8. The number of nitrogens with one attached hydrogen (secondary N) is 1. The molecule has 7 nitrogen and oxygen atoms in total. The number of thiophene rings is 1. The number of carbonyl (C=O) groups is 3. The molecule has 9 heteroatoms. The molecule has 2 heterocycles. The molecule has 0 bridgehead atoms. The van der Waals surface area contributed by atoms with Gasteiger partial charge in [-0.2, -0.15) is 0 Å². The smallest absolute Gasteiger partial charge is 0.338 e. The highest BCUT2D eigenvalue weighted by Gasteiger charge is 2.21. The minimum atomic E-state index is -1.07.